The SMILES string of the molecule is CCCCC/C=C\C/C=C\CCCCCCCCCC(=O)OCC(COC(OCC[N+](C)(C)C)C(=O)[O-])OC(=O)CCCCCCCCCCCCCC/C=C\C/C=C\C/C=C\CCCCCCC. The van der Waals surface area contributed by atoms with Gasteiger partial charge in [-0.05, 0) is 83.5 Å². The van der Waals surface area contributed by atoms with E-state index >= 15 is 0 Å². The lowest BCUT2D eigenvalue weighted by molar-refractivity contribution is -0.870. The third-order valence-electron chi connectivity index (χ3n) is 12.2. The standard InChI is InChI=1S/C60H107NO8/c1-6-8-10-12-14-16-18-20-22-24-25-26-27-28-29-30-31-32-33-35-37-39-41-43-45-47-49-51-58(63)69-56(55-68-60(59(64)65)66-53-52-61(3,4)5)54-67-57(62)50-48-46-44-42-40-38-36-34-23-21-19-17-15-13-11-9-7-2/h15,17-18,20-21,23-25,27-28,56,60H,6-14,16,19,22,26,29-55H2,1-5H3/b17-15-,20-18-,23-21-,25-24-,28-27-. The number of unbranched alkanes of at least 4 members (excludes halogenated alkanes) is 27. The summed E-state index contributed by atoms with van der Waals surface area (Å²) >= 11 is 0. The molecule has 0 heterocycles. The number of carbonyl (C=O) groups excluding carboxylic acids is 3. The summed E-state index contributed by atoms with van der Waals surface area (Å²) in [6, 6.07) is 0. The van der Waals surface area contributed by atoms with E-state index in [1.807, 2.05) is 21.1 Å². The summed E-state index contributed by atoms with van der Waals surface area (Å²) in [4.78, 5) is 37.2. The fourth-order valence-corrected chi connectivity index (χ4v) is 7.81. The molecule has 9 heteroatoms. The first-order valence-electron chi connectivity index (χ1n) is 28.4. The number of esters is 2. The molecule has 0 bridgehead atoms. The Morgan fingerprint density at radius 3 is 1.19 bits per heavy atom. The molecule has 69 heavy (non-hydrogen) atoms. The van der Waals surface area contributed by atoms with Crippen molar-refractivity contribution in [3.8, 4) is 0 Å². The molecule has 0 spiro atoms. The van der Waals surface area contributed by atoms with Crippen LogP contribution in [0.1, 0.15) is 245 Å². The second kappa shape index (κ2) is 51.3. The lowest BCUT2D eigenvalue weighted by atomic mass is 10.0. The van der Waals surface area contributed by atoms with Gasteiger partial charge in [-0.25, -0.2) is 0 Å². The van der Waals surface area contributed by atoms with E-state index in [9.17, 15) is 19.5 Å². The molecular weight excluding hydrogens is 863 g/mol. The van der Waals surface area contributed by atoms with Crippen LogP contribution in [0.15, 0.2) is 60.8 Å². The van der Waals surface area contributed by atoms with E-state index in [0.717, 1.165) is 70.6 Å². The summed E-state index contributed by atoms with van der Waals surface area (Å²) in [6.45, 7) is 4.71. The normalized spacial score (nSPS) is 13.2. The van der Waals surface area contributed by atoms with Gasteiger partial charge in [0.2, 0.25) is 0 Å². The molecule has 0 saturated heterocycles. The molecule has 2 unspecified atom stereocenters. The number of aliphatic carboxylic acids is 1. The predicted molar refractivity (Wildman–Crippen MR) is 288 cm³/mol. The summed E-state index contributed by atoms with van der Waals surface area (Å²) in [7, 11) is 5.92. The van der Waals surface area contributed by atoms with Crippen LogP contribution in [0.25, 0.3) is 0 Å². The second-order valence-corrected chi connectivity index (χ2v) is 20.2. The van der Waals surface area contributed by atoms with Crippen molar-refractivity contribution in [2.24, 2.45) is 0 Å². The van der Waals surface area contributed by atoms with Gasteiger partial charge in [-0.15, -0.1) is 0 Å². The van der Waals surface area contributed by atoms with E-state index < -0.39 is 24.3 Å². The molecule has 9 nitrogen and oxygen atoms in total. The van der Waals surface area contributed by atoms with Crippen LogP contribution >= 0.6 is 0 Å². The van der Waals surface area contributed by atoms with E-state index in [2.05, 4.69) is 74.6 Å². The first kappa shape index (κ1) is 66.0. The number of carbonyl (C=O) groups is 3. The monoisotopic (exact) mass is 970 g/mol. The Labute approximate surface area is 425 Å². The van der Waals surface area contributed by atoms with Crippen molar-refractivity contribution in [2.45, 2.75) is 257 Å². The molecule has 0 aromatic heterocycles. The molecule has 400 valence electrons. The number of hydrogen-bond donors (Lipinski definition) is 0. The minimum atomic E-state index is -1.62. The van der Waals surface area contributed by atoms with Crippen LogP contribution in [0.4, 0.5) is 0 Å². The molecule has 0 aliphatic rings. The van der Waals surface area contributed by atoms with E-state index in [4.69, 9.17) is 18.9 Å². The highest BCUT2D eigenvalue weighted by atomic mass is 16.7. The van der Waals surface area contributed by atoms with Gasteiger partial charge < -0.3 is 33.3 Å². The van der Waals surface area contributed by atoms with E-state index in [-0.39, 0.29) is 38.6 Å². The molecule has 0 fully saturated rings. The van der Waals surface area contributed by atoms with Crippen molar-refractivity contribution >= 4 is 17.9 Å². The first-order chi connectivity index (χ1) is 33.6. The van der Waals surface area contributed by atoms with Gasteiger partial charge in [0.15, 0.2) is 12.4 Å². The van der Waals surface area contributed by atoms with Crippen molar-refractivity contribution in [3.63, 3.8) is 0 Å². The van der Waals surface area contributed by atoms with E-state index in [1.165, 1.54) is 141 Å². The highest BCUT2D eigenvalue weighted by Gasteiger charge is 2.22. The molecule has 0 N–H and O–H groups in total. The van der Waals surface area contributed by atoms with Crippen molar-refractivity contribution < 1.29 is 42.9 Å². The quantitative estimate of drug-likeness (QED) is 0.0195. The molecular formula is C60H107NO8. The molecule has 0 aliphatic heterocycles. The molecule has 0 aromatic carbocycles. The lowest BCUT2D eigenvalue weighted by Gasteiger charge is -2.26. The maximum Gasteiger partial charge on any atom is 0.306 e. The summed E-state index contributed by atoms with van der Waals surface area (Å²) in [6.07, 6.45) is 61.2. The van der Waals surface area contributed by atoms with Gasteiger partial charge in [-0.2, -0.15) is 0 Å². The summed E-state index contributed by atoms with van der Waals surface area (Å²) in [5.74, 6) is -2.29. The summed E-state index contributed by atoms with van der Waals surface area (Å²) < 4.78 is 22.7. The largest absolute Gasteiger partial charge is 0.545 e. The average molecular weight is 971 g/mol. The maximum atomic E-state index is 12.9. The van der Waals surface area contributed by atoms with Gasteiger partial charge in [0.1, 0.15) is 13.2 Å². The number of quaternary nitrogens is 1. The van der Waals surface area contributed by atoms with Gasteiger partial charge >= 0.3 is 11.9 Å². The Bertz CT molecular complexity index is 1310. The zero-order chi connectivity index (χ0) is 50.6. The Morgan fingerprint density at radius 1 is 0.435 bits per heavy atom. The Balaban J connectivity index is 4.25. The topological polar surface area (TPSA) is 111 Å². The zero-order valence-corrected chi connectivity index (χ0v) is 45.4. The minimum Gasteiger partial charge on any atom is -0.545 e. The van der Waals surface area contributed by atoms with Gasteiger partial charge in [0.25, 0.3) is 0 Å². The van der Waals surface area contributed by atoms with Gasteiger partial charge in [0.05, 0.1) is 40.3 Å². The Hall–Kier alpha value is -3.01. The van der Waals surface area contributed by atoms with Crippen LogP contribution in [-0.2, 0) is 33.3 Å². The second-order valence-electron chi connectivity index (χ2n) is 20.2. The fourth-order valence-electron chi connectivity index (χ4n) is 7.81. The van der Waals surface area contributed by atoms with Crippen molar-refractivity contribution in [1.82, 2.24) is 0 Å². The average Bonchev–Trinajstić information content (AvgIpc) is 3.31. The lowest BCUT2D eigenvalue weighted by Crippen LogP contribution is -2.44. The van der Waals surface area contributed by atoms with Crippen LogP contribution in [-0.4, -0.2) is 82.3 Å². The Morgan fingerprint density at radius 2 is 0.783 bits per heavy atom. The molecule has 0 radical (unpaired) electrons. The van der Waals surface area contributed by atoms with Crippen molar-refractivity contribution in [2.75, 3.05) is 47.5 Å². The third-order valence-corrected chi connectivity index (χ3v) is 12.2. The van der Waals surface area contributed by atoms with Crippen LogP contribution in [0, 0.1) is 0 Å². The first-order valence-corrected chi connectivity index (χ1v) is 28.4. The smallest absolute Gasteiger partial charge is 0.306 e. The number of ether oxygens (including phenoxy) is 4. The number of hydrogen-bond acceptors (Lipinski definition) is 8. The number of allylic oxidation sites excluding steroid dienone is 10. The number of likely N-dealkylation sites (N-methyl/N-ethyl adjacent to an activating group) is 1. The molecule has 0 saturated carbocycles. The van der Waals surface area contributed by atoms with Gasteiger partial charge in [-0.3, -0.25) is 9.59 Å². The Kier molecular flexibility index (Phi) is 49.1. The van der Waals surface area contributed by atoms with Gasteiger partial charge in [-0.1, -0.05) is 209 Å². The maximum absolute atomic E-state index is 12.9. The third kappa shape index (κ3) is 52.6. The number of carboxylic acids is 1. The van der Waals surface area contributed by atoms with Crippen LogP contribution in [0.3, 0.4) is 0 Å². The van der Waals surface area contributed by atoms with Crippen LogP contribution < -0.4 is 5.11 Å². The fraction of sp³-hybridized carbons (Fsp3) is 0.783. The number of rotatable bonds is 52. The summed E-state index contributed by atoms with van der Waals surface area (Å²) in [5.41, 5.74) is 0. The number of carboxylic acid groups (broad SMARTS) is 1. The van der Waals surface area contributed by atoms with Crippen LogP contribution in [0.5, 0.6) is 0 Å². The summed E-state index contributed by atoms with van der Waals surface area (Å²) in [5, 5.41) is 11.8. The molecule has 2 atom stereocenters. The van der Waals surface area contributed by atoms with Crippen molar-refractivity contribution in [3.05, 3.63) is 60.8 Å². The van der Waals surface area contributed by atoms with E-state index in [1.54, 1.807) is 0 Å². The van der Waals surface area contributed by atoms with Gasteiger partial charge in [0, 0.05) is 12.8 Å². The number of nitrogens with zero attached hydrogens (tertiary/aromatic N) is 1. The van der Waals surface area contributed by atoms with E-state index in [0.29, 0.717) is 17.4 Å². The molecule has 0 aromatic rings. The van der Waals surface area contributed by atoms with Crippen LogP contribution in [0.2, 0.25) is 0 Å². The van der Waals surface area contributed by atoms with Crippen molar-refractivity contribution in [1.29, 1.82) is 0 Å². The molecule has 0 amide bonds. The zero-order valence-electron chi connectivity index (χ0n) is 45.4. The highest BCUT2D eigenvalue weighted by molar-refractivity contribution is 5.70. The predicted octanol–water partition coefficient (Wildman–Crippen LogP) is 15.1. The molecule has 0 rings (SSSR count). The minimum absolute atomic E-state index is 0.144. The molecule has 0 aliphatic carbocycles. The highest BCUT2D eigenvalue weighted by Crippen LogP contribution is 2.15.